The molecule has 5 rings (SSSR count). The Kier molecular flexibility index (Phi) is 9.77. The number of hydrogen-bond donors (Lipinski definition) is 2. The van der Waals surface area contributed by atoms with Crippen molar-refractivity contribution in [2.45, 2.75) is 0 Å². The standard InChI is InChI=1S/C22H10N4O2.C14H8N2O2/c23-11-15-4-6-21(8-17(15)13-25)27-19-2-1-3-20(10-19)28-22-7-5-16(12-24)18(9-22)14-26;15-7-9-3-1-4-10(11(9)8-16)14-12(17)5-2-6-13(14)18/h1-10H;1-6,17-18H. The Hall–Kier alpha value is -7.76. The van der Waals surface area contributed by atoms with Crippen LogP contribution in [0.1, 0.15) is 33.4 Å². The van der Waals surface area contributed by atoms with E-state index >= 15 is 0 Å². The third kappa shape index (κ3) is 6.99. The van der Waals surface area contributed by atoms with E-state index in [4.69, 9.17) is 41.0 Å². The molecule has 0 unspecified atom stereocenters. The van der Waals surface area contributed by atoms with E-state index in [1.807, 2.05) is 36.4 Å². The second-order valence-electron chi connectivity index (χ2n) is 9.16. The number of phenols is 2. The summed E-state index contributed by atoms with van der Waals surface area (Å²) in [6.45, 7) is 0. The van der Waals surface area contributed by atoms with E-state index < -0.39 is 0 Å². The molecule has 0 saturated carbocycles. The van der Waals surface area contributed by atoms with Crippen molar-refractivity contribution in [2.75, 3.05) is 0 Å². The number of phenolic OH excluding ortho intramolecular Hbond substituents is 2. The summed E-state index contributed by atoms with van der Waals surface area (Å²) in [5, 5.41) is 73.8. The van der Waals surface area contributed by atoms with Crippen LogP contribution in [0.2, 0.25) is 0 Å². The lowest BCUT2D eigenvalue weighted by Gasteiger charge is -2.10. The largest absolute Gasteiger partial charge is 0.507 e. The second-order valence-corrected chi connectivity index (χ2v) is 9.16. The van der Waals surface area contributed by atoms with Crippen LogP contribution in [0.5, 0.6) is 34.5 Å². The molecular weight excluding hydrogens is 580 g/mol. The van der Waals surface area contributed by atoms with Gasteiger partial charge in [-0.1, -0.05) is 24.3 Å². The first-order valence-corrected chi connectivity index (χ1v) is 13.1. The van der Waals surface area contributed by atoms with Crippen LogP contribution in [-0.2, 0) is 0 Å². The minimum absolute atomic E-state index is 0.136. The van der Waals surface area contributed by atoms with Crippen molar-refractivity contribution < 1.29 is 19.7 Å². The van der Waals surface area contributed by atoms with E-state index in [1.54, 1.807) is 48.5 Å². The maximum atomic E-state index is 9.78. The summed E-state index contributed by atoms with van der Waals surface area (Å²) in [5.41, 5.74) is 1.86. The summed E-state index contributed by atoms with van der Waals surface area (Å²) in [7, 11) is 0. The first-order chi connectivity index (χ1) is 22.3. The highest BCUT2D eigenvalue weighted by molar-refractivity contribution is 5.82. The van der Waals surface area contributed by atoms with E-state index in [-0.39, 0.29) is 50.4 Å². The number of nitriles is 6. The Morgan fingerprint density at radius 2 is 0.848 bits per heavy atom. The molecule has 0 radical (unpaired) electrons. The monoisotopic (exact) mass is 598 g/mol. The number of nitrogens with zero attached hydrogens (tertiary/aromatic N) is 6. The molecule has 10 heteroatoms. The maximum absolute atomic E-state index is 9.78. The maximum Gasteiger partial charge on any atom is 0.131 e. The third-order valence-corrected chi connectivity index (χ3v) is 6.33. The molecule has 0 bridgehead atoms. The van der Waals surface area contributed by atoms with Crippen LogP contribution in [0.25, 0.3) is 11.1 Å². The summed E-state index contributed by atoms with van der Waals surface area (Å²) < 4.78 is 11.5. The van der Waals surface area contributed by atoms with Crippen molar-refractivity contribution in [3.63, 3.8) is 0 Å². The normalized spacial score (nSPS) is 9.35. The van der Waals surface area contributed by atoms with Crippen LogP contribution in [0.3, 0.4) is 0 Å². The van der Waals surface area contributed by atoms with Crippen molar-refractivity contribution in [1.29, 1.82) is 31.6 Å². The average molecular weight is 599 g/mol. The molecular formula is C36H18N6O4. The van der Waals surface area contributed by atoms with Crippen LogP contribution in [0.4, 0.5) is 0 Å². The minimum atomic E-state index is -0.137. The first kappa shape index (κ1) is 31.2. The Morgan fingerprint density at radius 3 is 1.30 bits per heavy atom. The number of rotatable bonds is 5. The predicted octanol–water partition coefficient (Wildman–Crippen LogP) is 7.27. The number of benzene rings is 5. The lowest BCUT2D eigenvalue weighted by atomic mass is 9.95. The zero-order chi connectivity index (χ0) is 33.1. The van der Waals surface area contributed by atoms with Crippen molar-refractivity contribution in [3.05, 3.63) is 130 Å². The zero-order valence-corrected chi connectivity index (χ0v) is 23.6. The number of aromatic hydroxyl groups is 2. The molecule has 46 heavy (non-hydrogen) atoms. The molecule has 5 aromatic rings. The van der Waals surface area contributed by atoms with Crippen LogP contribution < -0.4 is 9.47 Å². The topological polar surface area (TPSA) is 202 Å². The molecule has 216 valence electrons. The van der Waals surface area contributed by atoms with Crippen molar-refractivity contribution in [3.8, 4) is 82.0 Å². The van der Waals surface area contributed by atoms with E-state index in [9.17, 15) is 10.2 Å². The molecule has 0 atom stereocenters. The van der Waals surface area contributed by atoms with E-state index in [1.165, 1.54) is 48.5 Å². The lowest BCUT2D eigenvalue weighted by Crippen LogP contribution is -1.90. The molecule has 0 aliphatic rings. The molecule has 0 aliphatic carbocycles. The van der Waals surface area contributed by atoms with Gasteiger partial charge in [0, 0.05) is 11.6 Å². The van der Waals surface area contributed by atoms with Crippen molar-refractivity contribution >= 4 is 0 Å². The van der Waals surface area contributed by atoms with Gasteiger partial charge in [0.2, 0.25) is 0 Å². The summed E-state index contributed by atoms with van der Waals surface area (Å²) >= 11 is 0. The molecule has 2 N–H and O–H groups in total. The Morgan fingerprint density at radius 1 is 0.413 bits per heavy atom. The molecule has 0 amide bonds. The highest BCUT2D eigenvalue weighted by Crippen LogP contribution is 2.39. The van der Waals surface area contributed by atoms with Gasteiger partial charge in [0.25, 0.3) is 0 Å². The van der Waals surface area contributed by atoms with Crippen LogP contribution >= 0.6 is 0 Å². The van der Waals surface area contributed by atoms with Gasteiger partial charge in [-0.05, 0) is 66.7 Å². The number of ether oxygens (including phenoxy) is 2. The van der Waals surface area contributed by atoms with Gasteiger partial charge in [0.05, 0.1) is 38.9 Å². The fraction of sp³-hybridized carbons (Fsp3) is 0. The van der Waals surface area contributed by atoms with Gasteiger partial charge in [0.1, 0.15) is 70.9 Å². The van der Waals surface area contributed by atoms with Gasteiger partial charge in [-0.15, -0.1) is 0 Å². The Labute approximate surface area is 263 Å². The van der Waals surface area contributed by atoms with Crippen molar-refractivity contribution in [2.24, 2.45) is 0 Å². The van der Waals surface area contributed by atoms with Gasteiger partial charge >= 0.3 is 0 Å². The smallest absolute Gasteiger partial charge is 0.131 e. The van der Waals surface area contributed by atoms with E-state index in [0.29, 0.717) is 28.6 Å². The summed E-state index contributed by atoms with van der Waals surface area (Å²) in [6, 6.07) is 36.7. The Bertz CT molecular complexity index is 2110. The quantitative estimate of drug-likeness (QED) is 0.207. The SMILES string of the molecule is N#Cc1ccc(Oc2cccc(Oc3ccc(C#N)c(C#N)c3)c2)cc1C#N.N#Cc1cccc(-c2c(O)cccc2O)c1C#N. The molecule has 0 aliphatic heterocycles. The summed E-state index contributed by atoms with van der Waals surface area (Å²) in [4.78, 5) is 0. The molecule has 0 saturated heterocycles. The molecule has 5 aromatic carbocycles. The zero-order valence-electron chi connectivity index (χ0n) is 23.6. The fourth-order valence-electron chi connectivity index (χ4n) is 4.21. The van der Waals surface area contributed by atoms with Crippen LogP contribution in [0, 0.1) is 68.0 Å². The van der Waals surface area contributed by atoms with Gasteiger partial charge in [-0.2, -0.15) is 31.6 Å². The van der Waals surface area contributed by atoms with E-state index in [0.717, 1.165) is 0 Å². The molecule has 10 nitrogen and oxygen atoms in total. The predicted molar refractivity (Wildman–Crippen MR) is 163 cm³/mol. The molecule has 0 aromatic heterocycles. The molecule has 0 heterocycles. The minimum Gasteiger partial charge on any atom is -0.507 e. The molecule has 0 fully saturated rings. The third-order valence-electron chi connectivity index (χ3n) is 6.33. The Balaban J connectivity index is 0.000000230. The van der Waals surface area contributed by atoms with E-state index in [2.05, 4.69) is 0 Å². The van der Waals surface area contributed by atoms with Crippen molar-refractivity contribution in [1.82, 2.24) is 0 Å². The first-order valence-electron chi connectivity index (χ1n) is 13.1. The second kappa shape index (κ2) is 14.4. The van der Waals surface area contributed by atoms with Gasteiger partial charge < -0.3 is 19.7 Å². The van der Waals surface area contributed by atoms with Crippen LogP contribution in [-0.4, -0.2) is 10.2 Å². The summed E-state index contributed by atoms with van der Waals surface area (Å²) in [6.07, 6.45) is 0. The number of hydrogen-bond acceptors (Lipinski definition) is 10. The highest BCUT2D eigenvalue weighted by atomic mass is 16.5. The average Bonchev–Trinajstić information content (AvgIpc) is 3.08. The molecule has 0 spiro atoms. The summed E-state index contributed by atoms with van der Waals surface area (Å²) in [5.74, 6) is 1.50. The lowest BCUT2D eigenvalue weighted by molar-refractivity contribution is 0.454. The van der Waals surface area contributed by atoms with Gasteiger partial charge in [-0.3, -0.25) is 0 Å². The fourth-order valence-corrected chi connectivity index (χ4v) is 4.21. The van der Waals surface area contributed by atoms with Gasteiger partial charge in [-0.25, -0.2) is 0 Å². The van der Waals surface area contributed by atoms with Gasteiger partial charge in [0.15, 0.2) is 0 Å². The van der Waals surface area contributed by atoms with Crippen LogP contribution in [0.15, 0.2) is 97.1 Å². The highest BCUT2D eigenvalue weighted by Gasteiger charge is 2.16.